The average Bonchev–Trinajstić information content (AvgIpc) is 3.01. The van der Waals surface area contributed by atoms with E-state index in [1.807, 2.05) is 16.8 Å². The zero-order valence-corrected chi connectivity index (χ0v) is 11.4. The Bertz CT molecular complexity index is 314. The van der Waals surface area contributed by atoms with Gasteiger partial charge in [-0.15, -0.1) is 0 Å². The van der Waals surface area contributed by atoms with E-state index in [1.165, 1.54) is 25.7 Å². The van der Waals surface area contributed by atoms with E-state index in [4.69, 9.17) is 0 Å². The van der Waals surface area contributed by atoms with Gasteiger partial charge in [-0.25, -0.2) is 4.79 Å². The minimum absolute atomic E-state index is 0.235. The highest BCUT2D eigenvalue weighted by molar-refractivity contribution is 5.74. The van der Waals surface area contributed by atoms with Crippen molar-refractivity contribution in [3.63, 3.8) is 0 Å². The summed E-state index contributed by atoms with van der Waals surface area (Å²) in [6, 6.07) is 0.235. The number of hydrogen-bond donors (Lipinski definition) is 1. The van der Waals surface area contributed by atoms with Crippen molar-refractivity contribution in [2.75, 3.05) is 39.8 Å². The monoisotopic (exact) mass is 251 g/mol. The number of fused-ring (bicyclic) bond motifs is 2. The van der Waals surface area contributed by atoms with Crippen LogP contribution in [0.5, 0.6) is 0 Å². The Morgan fingerprint density at radius 3 is 2.67 bits per heavy atom. The van der Waals surface area contributed by atoms with E-state index in [2.05, 4.69) is 5.32 Å². The van der Waals surface area contributed by atoms with Crippen LogP contribution in [0, 0.1) is 17.8 Å². The Balaban J connectivity index is 1.51. The molecule has 18 heavy (non-hydrogen) atoms. The fraction of sp³-hybridized carbons (Fsp3) is 0.929. The second kappa shape index (κ2) is 5.08. The number of hydrogen-bond acceptors (Lipinski definition) is 2. The van der Waals surface area contributed by atoms with Crippen molar-refractivity contribution < 1.29 is 4.79 Å². The van der Waals surface area contributed by atoms with E-state index in [0.717, 1.165) is 50.5 Å². The number of urea groups is 1. The molecule has 3 unspecified atom stereocenters. The van der Waals surface area contributed by atoms with Crippen LogP contribution in [-0.2, 0) is 0 Å². The van der Waals surface area contributed by atoms with Gasteiger partial charge in [0.05, 0.1) is 0 Å². The minimum atomic E-state index is 0.235. The normalized spacial score (nSPS) is 34.9. The molecule has 1 saturated heterocycles. The summed E-state index contributed by atoms with van der Waals surface area (Å²) in [5, 5.41) is 3.29. The van der Waals surface area contributed by atoms with Crippen molar-refractivity contribution in [3.05, 3.63) is 0 Å². The van der Waals surface area contributed by atoms with Gasteiger partial charge in [-0.2, -0.15) is 0 Å². The largest absolute Gasteiger partial charge is 0.327 e. The lowest BCUT2D eigenvalue weighted by Crippen LogP contribution is -2.51. The van der Waals surface area contributed by atoms with Gasteiger partial charge >= 0.3 is 6.03 Å². The standard InChI is InChI=1S/C14H25N3O/c1-16(14(18)17-6-4-15-5-7-17)10-13-9-11-2-3-12(13)8-11/h11-13,15H,2-10H2,1H3. The molecule has 3 fully saturated rings. The summed E-state index contributed by atoms with van der Waals surface area (Å²) in [5.74, 6) is 2.66. The molecule has 102 valence electrons. The van der Waals surface area contributed by atoms with Crippen LogP contribution in [0.1, 0.15) is 25.7 Å². The predicted octanol–water partition coefficient (Wildman–Crippen LogP) is 1.38. The van der Waals surface area contributed by atoms with Gasteiger partial charge in [0.25, 0.3) is 0 Å². The van der Waals surface area contributed by atoms with Gasteiger partial charge in [-0.05, 0) is 37.0 Å². The molecule has 0 aromatic heterocycles. The lowest BCUT2D eigenvalue weighted by molar-refractivity contribution is 0.142. The third-order valence-electron chi connectivity index (χ3n) is 5.11. The number of nitrogens with zero attached hydrogens (tertiary/aromatic N) is 2. The number of rotatable bonds is 2. The van der Waals surface area contributed by atoms with Crippen LogP contribution >= 0.6 is 0 Å². The Labute approximate surface area is 110 Å². The molecule has 2 aliphatic carbocycles. The Morgan fingerprint density at radius 1 is 1.28 bits per heavy atom. The smallest absolute Gasteiger partial charge is 0.319 e. The van der Waals surface area contributed by atoms with Crippen molar-refractivity contribution in [1.82, 2.24) is 15.1 Å². The highest BCUT2D eigenvalue weighted by Crippen LogP contribution is 2.48. The minimum Gasteiger partial charge on any atom is -0.327 e. The molecule has 0 radical (unpaired) electrons. The van der Waals surface area contributed by atoms with E-state index in [9.17, 15) is 4.79 Å². The molecule has 0 aromatic rings. The van der Waals surface area contributed by atoms with E-state index in [0.29, 0.717) is 0 Å². The molecule has 1 N–H and O–H groups in total. The summed E-state index contributed by atoms with van der Waals surface area (Å²) in [7, 11) is 1.98. The van der Waals surface area contributed by atoms with Crippen molar-refractivity contribution in [2.24, 2.45) is 17.8 Å². The molecular weight excluding hydrogens is 226 g/mol. The fourth-order valence-corrected chi connectivity index (χ4v) is 4.13. The first-order valence-electron chi connectivity index (χ1n) is 7.45. The van der Waals surface area contributed by atoms with Gasteiger partial charge < -0.3 is 15.1 Å². The quantitative estimate of drug-likeness (QED) is 0.805. The van der Waals surface area contributed by atoms with Crippen molar-refractivity contribution in [1.29, 1.82) is 0 Å². The first-order chi connectivity index (χ1) is 8.74. The molecule has 2 saturated carbocycles. The maximum atomic E-state index is 12.3. The first kappa shape index (κ1) is 12.3. The number of nitrogens with one attached hydrogen (secondary N) is 1. The lowest BCUT2D eigenvalue weighted by atomic mass is 9.88. The van der Waals surface area contributed by atoms with Crippen molar-refractivity contribution in [2.45, 2.75) is 25.7 Å². The molecular formula is C14H25N3O. The maximum Gasteiger partial charge on any atom is 0.319 e. The molecule has 1 aliphatic heterocycles. The predicted molar refractivity (Wildman–Crippen MR) is 71.4 cm³/mol. The van der Waals surface area contributed by atoms with Crippen LogP contribution in [0.3, 0.4) is 0 Å². The molecule has 0 aromatic carbocycles. The van der Waals surface area contributed by atoms with Gasteiger partial charge in [0, 0.05) is 39.8 Å². The van der Waals surface area contributed by atoms with E-state index in [1.54, 1.807) is 0 Å². The number of amides is 2. The van der Waals surface area contributed by atoms with Crippen LogP contribution < -0.4 is 5.32 Å². The van der Waals surface area contributed by atoms with Gasteiger partial charge in [-0.1, -0.05) is 6.42 Å². The molecule has 1 heterocycles. The Morgan fingerprint density at radius 2 is 2.06 bits per heavy atom. The first-order valence-corrected chi connectivity index (χ1v) is 7.45. The Kier molecular flexibility index (Phi) is 3.46. The molecule has 3 atom stereocenters. The summed E-state index contributed by atoms with van der Waals surface area (Å²) in [4.78, 5) is 16.3. The molecule has 2 amide bonds. The fourth-order valence-electron chi connectivity index (χ4n) is 4.13. The zero-order valence-electron chi connectivity index (χ0n) is 11.4. The van der Waals surface area contributed by atoms with E-state index >= 15 is 0 Å². The topological polar surface area (TPSA) is 35.6 Å². The highest BCUT2D eigenvalue weighted by atomic mass is 16.2. The van der Waals surface area contributed by atoms with Crippen molar-refractivity contribution >= 4 is 6.03 Å². The van der Waals surface area contributed by atoms with Gasteiger partial charge in [-0.3, -0.25) is 0 Å². The summed E-state index contributed by atoms with van der Waals surface area (Å²) in [5.41, 5.74) is 0. The SMILES string of the molecule is CN(CC1CC2CCC1C2)C(=O)N1CCNCC1. The summed E-state index contributed by atoms with van der Waals surface area (Å²) < 4.78 is 0. The van der Waals surface area contributed by atoms with Crippen LogP contribution in [0.4, 0.5) is 4.79 Å². The second-order valence-electron chi connectivity index (χ2n) is 6.34. The summed E-state index contributed by atoms with van der Waals surface area (Å²) >= 11 is 0. The maximum absolute atomic E-state index is 12.3. The van der Waals surface area contributed by atoms with Crippen LogP contribution in [0.15, 0.2) is 0 Å². The Hall–Kier alpha value is -0.770. The molecule has 4 nitrogen and oxygen atoms in total. The van der Waals surface area contributed by atoms with Gasteiger partial charge in [0.1, 0.15) is 0 Å². The molecule has 2 bridgehead atoms. The number of piperazine rings is 1. The van der Waals surface area contributed by atoms with E-state index in [-0.39, 0.29) is 6.03 Å². The molecule has 4 heteroatoms. The van der Waals surface area contributed by atoms with E-state index < -0.39 is 0 Å². The van der Waals surface area contributed by atoms with Gasteiger partial charge in [0.2, 0.25) is 0 Å². The van der Waals surface area contributed by atoms with Crippen LogP contribution in [0.2, 0.25) is 0 Å². The zero-order chi connectivity index (χ0) is 12.5. The number of carbonyl (C=O) groups excluding carboxylic acids is 1. The van der Waals surface area contributed by atoms with Crippen LogP contribution in [-0.4, -0.2) is 55.6 Å². The third-order valence-corrected chi connectivity index (χ3v) is 5.11. The average molecular weight is 251 g/mol. The highest BCUT2D eigenvalue weighted by Gasteiger charge is 2.40. The van der Waals surface area contributed by atoms with Crippen molar-refractivity contribution in [3.8, 4) is 0 Å². The second-order valence-corrected chi connectivity index (χ2v) is 6.34. The molecule has 3 aliphatic rings. The lowest BCUT2D eigenvalue weighted by Gasteiger charge is -2.34. The molecule has 0 spiro atoms. The summed E-state index contributed by atoms with van der Waals surface area (Å²) in [6.45, 7) is 4.57. The molecule has 3 rings (SSSR count). The third kappa shape index (κ3) is 2.35. The number of carbonyl (C=O) groups is 1. The van der Waals surface area contributed by atoms with Crippen LogP contribution in [0.25, 0.3) is 0 Å². The van der Waals surface area contributed by atoms with Gasteiger partial charge in [0.15, 0.2) is 0 Å². The summed E-state index contributed by atoms with van der Waals surface area (Å²) in [6.07, 6.45) is 5.64.